The Morgan fingerprint density at radius 1 is 1.07 bits per heavy atom. The van der Waals surface area contributed by atoms with E-state index >= 15 is 0 Å². The summed E-state index contributed by atoms with van der Waals surface area (Å²) in [5, 5.41) is 10.5. The minimum Gasteiger partial charge on any atom is -0.493 e. The number of benzene rings is 1. The summed E-state index contributed by atoms with van der Waals surface area (Å²) in [4.78, 5) is 4.75. The van der Waals surface area contributed by atoms with Crippen LogP contribution in [0.4, 0.5) is 0 Å². The molecule has 0 bridgehead atoms. The maximum Gasteiger partial charge on any atom is 0.161 e. The standard InChI is InChI=1S/C24H40N2O4/c1-25(20-7-5-4-6-8-20)17-21(27)18-30-23-10-9-19(15-24(23)29-3)16-26-13-11-22(28-2)12-14-26/h9-10,15,20-22,27H,4-8,11-14,16-18H2,1-3H3. The smallest absolute Gasteiger partial charge is 0.161 e. The summed E-state index contributed by atoms with van der Waals surface area (Å²) in [6.45, 7) is 3.93. The molecule has 1 aliphatic heterocycles. The number of piperidine rings is 1. The molecule has 0 radical (unpaired) electrons. The Balaban J connectivity index is 1.47. The van der Waals surface area contributed by atoms with Crippen LogP contribution in [0.3, 0.4) is 0 Å². The molecule has 1 aliphatic carbocycles. The minimum atomic E-state index is -0.511. The summed E-state index contributed by atoms with van der Waals surface area (Å²) < 4.78 is 16.9. The molecule has 6 heteroatoms. The van der Waals surface area contributed by atoms with Crippen LogP contribution < -0.4 is 9.47 Å². The third-order valence-electron chi connectivity index (χ3n) is 6.63. The molecule has 30 heavy (non-hydrogen) atoms. The van der Waals surface area contributed by atoms with Crippen molar-refractivity contribution in [1.29, 1.82) is 0 Å². The lowest BCUT2D eigenvalue weighted by Gasteiger charge is -2.32. The first kappa shape index (κ1) is 23.3. The van der Waals surface area contributed by atoms with Crippen molar-refractivity contribution < 1.29 is 19.3 Å². The number of hydrogen-bond acceptors (Lipinski definition) is 6. The average Bonchev–Trinajstić information content (AvgIpc) is 2.79. The molecule has 1 unspecified atom stereocenters. The maximum absolute atomic E-state index is 10.5. The third-order valence-corrected chi connectivity index (χ3v) is 6.63. The molecule has 1 saturated carbocycles. The molecule has 1 saturated heterocycles. The molecule has 2 fully saturated rings. The fraction of sp³-hybridized carbons (Fsp3) is 0.750. The molecule has 1 N–H and O–H groups in total. The van der Waals surface area contributed by atoms with Crippen LogP contribution in [0.5, 0.6) is 11.5 Å². The fourth-order valence-corrected chi connectivity index (χ4v) is 4.73. The Labute approximate surface area is 182 Å². The van der Waals surface area contributed by atoms with Gasteiger partial charge in [0.2, 0.25) is 0 Å². The Kier molecular flexibility index (Phi) is 9.25. The van der Waals surface area contributed by atoms with Gasteiger partial charge in [-0.1, -0.05) is 25.3 Å². The molecule has 6 nitrogen and oxygen atoms in total. The second kappa shape index (κ2) is 11.9. The van der Waals surface area contributed by atoms with Gasteiger partial charge in [-0.25, -0.2) is 0 Å². The van der Waals surface area contributed by atoms with E-state index in [1.165, 1.54) is 37.7 Å². The van der Waals surface area contributed by atoms with Crippen LogP contribution in [-0.2, 0) is 11.3 Å². The summed E-state index contributed by atoms with van der Waals surface area (Å²) in [5.41, 5.74) is 1.22. The Morgan fingerprint density at radius 2 is 1.80 bits per heavy atom. The minimum absolute atomic E-state index is 0.275. The number of nitrogens with zero attached hydrogens (tertiary/aromatic N) is 2. The number of methoxy groups -OCH3 is 2. The van der Waals surface area contributed by atoms with Crippen molar-refractivity contribution in [3.63, 3.8) is 0 Å². The SMILES string of the molecule is COc1cc(CN2CCC(OC)CC2)ccc1OCC(O)CN(C)C1CCCCC1. The second-order valence-corrected chi connectivity index (χ2v) is 8.89. The van der Waals surface area contributed by atoms with Gasteiger partial charge in [-0.3, -0.25) is 4.90 Å². The predicted molar refractivity (Wildman–Crippen MR) is 119 cm³/mol. The van der Waals surface area contributed by atoms with Gasteiger partial charge in [0.05, 0.1) is 13.2 Å². The van der Waals surface area contributed by atoms with E-state index < -0.39 is 6.10 Å². The predicted octanol–water partition coefficient (Wildman–Crippen LogP) is 3.31. The number of hydrogen-bond donors (Lipinski definition) is 1. The first-order valence-electron chi connectivity index (χ1n) is 11.5. The quantitative estimate of drug-likeness (QED) is 0.627. The highest BCUT2D eigenvalue weighted by Gasteiger charge is 2.21. The molecule has 1 atom stereocenters. The first-order valence-corrected chi connectivity index (χ1v) is 11.5. The van der Waals surface area contributed by atoms with E-state index in [9.17, 15) is 5.11 Å². The average molecular weight is 421 g/mol. The lowest BCUT2D eigenvalue weighted by Crippen LogP contribution is -2.40. The van der Waals surface area contributed by atoms with Crippen molar-refractivity contribution in [2.75, 3.05) is 47.5 Å². The summed E-state index contributed by atoms with van der Waals surface area (Å²) in [6.07, 6.45) is 8.48. The van der Waals surface area contributed by atoms with Crippen molar-refractivity contribution in [3.8, 4) is 11.5 Å². The Bertz CT molecular complexity index is 628. The lowest BCUT2D eigenvalue weighted by atomic mass is 9.94. The van der Waals surface area contributed by atoms with Gasteiger partial charge in [0, 0.05) is 39.3 Å². The summed E-state index contributed by atoms with van der Waals surface area (Å²) in [7, 11) is 5.59. The van der Waals surface area contributed by atoms with Crippen molar-refractivity contribution in [1.82, 2.24) is 9.80 Å². The number of likely N-dealkylation sites (tertiary alicyclic amines) is 1. The van der Waals surface area contributed by atoms with Crippen LogP contribution in [0.15, 0.2) is 18.2 Å². The van der Waals surface area contributed by atoms with Gasteiger partial charge in [0.15, 0.2) is 11.5 Å². The molecule has 0 amide bonds. The van der Waals surface area contributed by atoms with E-state index in [4.69, 9.17) is 14.2 Å². The van der Waals surface area contributed by atoms with Gasteiger partial charge in [0.25, 0.3) is 0 Å². The zero-order chi connectivity index (χ0) is 21.3. The molecular weight excluding hydrogens is 380 g/mol. The van der Waals surface area contributed by atoms with Crippen molar-refractivity contribution in [2.24, 2.45) is 0 Å². The van der Waals surface area contributed by atoms with Crippen LogP contribution in [0.1, 0.15) is 50.5 Å². The summed E-state index contributed by atoms with van der Waals surface area (Å²) >= 11 is 0. The van der Waals surface area contributed by atoms with Gasteiger partial charge >= 0.3 is 0 Å². The topological polar surface area (TPSA) is 54.4 Å². The lowest BCUT2D eigenvalue weighted by molar-refractivity contribution is 0.0388. The molecule has 3 rings (SSSR count). The van der Waals surface area contributed by atoms with Gasteiger partial charge in [0.1, 0.15) is 12.7 Å². The van der Waals surface area contributed by atoms with Crippen LogP contribution in [0, 0.1) is 0 Å². The molecule has 170 valence electrons. The Hall–Kier alpha value is -1.34. The van der Waals surface area contributed by atoms with Crippen LogP contribution in [-0.4, -0.2) is 80.7 Å². The summed E-state index contributed by atoms with van der Waals surface area (Å²) in [5.74, 6) is 1.42. The van der Waals surface area contributed by atoms with Crippen LogP contribution in [0.2, 0.25) is 0 Å². The maximum atomic E-state index is 10.5. The monoisotopic (exact) mass is 420 g/mol. The van der Waals surface area contributed by atoms with Crippen molar-refractivity contribution in [3.05, 3.63) is 23.8 Å². The van der Waals surface area contributed by atoms with E-state index in [1.807, 2.05) is 6.07 Å². The van der Waals surface area contributed by atoms with Crippen LogP contribution in [0.25, 0.3) is 0 Å². The van der Waals surface area contributed by atoms with Crippen molar-refractivity contribution >= 4 is 0 Å². The molecule has 0 spiro atoms. The highest BCUT2D eigenvalue weighted by Crippen LogP contribution is 2.29. The van der Waals surface area contributed by atoms with E-state index in [1.54, 1.807) is 14.2 Å². The van der Waals surface area contributed by atoms with Gasteiger partial charge in [-0.2, -0.15) is 0 Å². The van der Waals surface area contributed by atoms with Crippen LogP contribution >= 0.6 is 0 Å². The largest absolute Gasteiger partial charge is 0.493 e. The van der Waals surface area contributed by atoms with Crippen molar-refractivity contribution in [2.45, 2.75) is 69.7 Å². The molecule has 0 aromatic heterocycles. The number of ether oxygens (including phenoxy) is 3. The highest BCUT2D eigenvalue weighted by atomic mass is 16.5. The van der Waals surface area contributed by atoms with E-state index in [2.05, 4.69) is 29.0 Å². The van der Waals surface area contributed by atoms with E-state index in [0.717, 1.165) is 38.2 Å². The van der Waals surface area contributed by atoms with E-state index in [0.29, 0.717) is 24.4 Å². The Morgan fingerprint density at radius 3 is 2.47 bits per heavy atom. The van der Waals surface area contributed by atoms with Gasteiger partial charge in [-0.05, 0) is 50.4 Å². The van der Waals surface area contributed by atoms with E-state index in [-0.39, 0.29) is 6.61 Å². The summed E-state index contributed by atoms with van der Waals surface area (Å²) in [6, 6.07) is 6.71. The number of rotatable bonds is 10. The van der Waals surface area contributed by atoms with Gasteiger partial charge in [-0.15, -0.1) is 0 Å². The number of aliphatic hydroxyl groups excluding tert-OH is 1. The molecule has 1 heterocycles. The zero-order valence-electron chi connectivity index (χ0n) is 19.0. The van der Waals surface area contributed by atoms with Gasteiger partial charge < -0.3 is 24.2 Å². The normalized spacial score (nSPS) is 20.4. The molecule has 1 aromatic rings. The molecule has 2 aliphatic rings. The highest BCUT2D eigenvalue weighted by molar-refractivity contribution is 5.43. The number of aliphatic hydroxyl groups is 1. The number of likely N-dealkylation sites (N-methyl/N-ethyl adjacent to an activating group) is 1. The first-order chi connectivity index (χ1) is 14.6. The molecular formula is C24H40N2O4. The third kappa shape index (κ3) is 6.84. The fourth-order valence-electron chi connectivity index (χ4n) is 4.73. The molecule has 1 aromatic carbocycles. The second-order valence-electron chi connectivity index (χ2n) is 8.89. The zero-order valence-corrected chi connectivity index (χ0v) is 19.0.